The largest absolute Gasteiger partial charge is 0.349 e. The van der Waals surface area contributed by atoms with E-state index in [0.29, 0.717) is 22.2 Å². The van der Waals surface area contributed by atoms with Gasteiger partial charge in [0.15, 0.2) is 5.65 Å². The number of aromatic amines is 1. The highest BCUT2D eigenvalue weighted by molar-refractivity contribution is 7.99. The van der Waals surface area contributed by atoms with Crippen molar-refractivity contribution in [1.29, 1.82) is 0 Å². The van der Waals surface area contributed by atoms with E-state index < -0.39 is 0 Å². The van der Waals surface area contributed by atoms with E-state index in [2.05, 4.69) is 58.5 Å². The fourth-order valence-corrected chi connectivity index (χ4v) is 3.33. The number of H-pyrrole nitrogens is 1. The Labute approximate surface area is 144 Å². The van der Waals surface area contributed by atoms with Crippen LogP contribution in [0.2, 0.25) is 0 Å². The number of aromatic nitrogens is 4. The van der Waals surface area contributed by atoms with E-state index in [0.717, 1.165) is 5.56 Å². The minimum absolute atomic E-state index is 0.0249. The number of rotatable bonds is 5. The highest BCUT2D eigenvalue weighted by Crippen LogP contribution is 2.25. The van der Waals surface area contributed by atoms with E-state index in [4.69, 9.17) is 0 Å². The van der Waals surface area contributed by atoms with Gasteiger partial charge >= 0.3 is 0 Å². The van der Waals surface area contributed by atoms with Gasteiger partial charge in [0.25, 0.3) is 5.56 Å². The van der Waals surface area contributed by atoms with Crippen LogP contribution >= 0.6 is 11.8 Å². The van der Waals surface area contributed by atoms with E-state index in [-0.39, 0.29) is 11.6 Å². The van der Waals surface area contributed by atoms with E-state index >= 15 is 0 Å². The summed E-state index contributed by atoms with van der Waals surface area (Å²) in [4.78, 5) is 20.6. The molecule has 0 aliphatic carbocycles. The predicted octanol–water partition coefficient (Wildman–Crippen LogP) is 3.33. The molecule has 3 aromatic rings. The average Bonchev–Trinajstić information content (AvgIpc) is 2.89. The SMILES string of the molecule is CC(C)Sc1ccc([C@H](C)Nc2nc3c(cnn3C)c(=O)[nH]2)cc1. The normalized spacial score (nSPS) is 12.7. The highest BCUT2D eigenvalue weighted by Gasteiger charge is 2.11. The van der Waals surface area contributed by atoms with Gasteiger partial charge in [-0.3, -0.25) is 14.5 Å². The highest BCUT2D eigenvalue weighted by atomic mass is 32.2. The quantitative estimate of drug-likeness (QED) is 0.695. The molecule has 3 rings (SSSR count). The molecule has 0 saturated heterocycles. The van der Waals surface area contributed by atoms with Crippen LogP contribution in [0.3, 0.4) is 0 Å². The number of thioether (sulfide) groups is 1. The number of anilines is 1. The van der Waals surface area contributed by atoms with Crippen molar-refractivity contribution in [3.05, 3.63) is 46.4 Å². The molecule has 6 nitrogen and oxygen atoms in total. The summed E-state index contributed by atoms with van der Waals surface area (Å²) in [6.45, 7) is 6.40. The van der Waals surface area contributed by atoms with Gasteiger partial charge in [-0.15, -0.1) is 11.8 Å². The second-order valence-electron chi connectivity index (χ2n) is 6.02. The maximum atomic E-state index is 12.1. The first-order valence-corrected chi connectivity index (χ1v) is 8.77. The number of aryl methyl sites for hydroxylation is 1. The zero-order valence-corrected chi connectivity index (χ0v) is 15.0. The molecule has 7 heteroatoms. The minimum atomic E-state index is -0.188. The molecule has 1 aromatic carbocycles. The zero-order chi connectivity index (χ0) is 17.3. The van der Waals surface area contributed by atoms with Gasteiger partial charge in [-0.1, -0.05) is 26.0 Å². The number of hydrogen-bond donors (Lipinski definition) is 2. The fraction of sp³-hybridized carbons (Fsp3) is 0.353. The smallest absolute Gasteiger partial charge is 0.263 e. The van der Waals surface area contributed by atoms with Crippen LogP contribution in [0.1, 0.15) is 32.4 Å². The molecular formula is C17H21N5OS. The lowest BCUT2D eigenvalue weighted by Gasteiger charge is -2.15. The molecule has 2 heterocycles. The predicted molar refractivity (Wildman–Crippen MR) is 98.6 cm³/mol. The molecular weight excluding hydrogens is 322 g/mol. The molecule has 0 radical (unpaired) electrons. The first kappa shape index (κ1) is 16.6. The van der Waals surface area contributed by atoms with Crippen molar-refractivity contribution in [2.24, 2.45) is 7.05 Å². The molecule has 0 aliphatic heterocycles. The van der Waals surface area contributed by atoms with Crippen molar-refractivity contribution in [1.82, 2.24) is 19.7 Å². The Kier molecular flexibility index (Phi) is 4.62. The summed E-state index contributed by atoms with van der Waals surface area (Å²) in [7, 11) is 1.77. The lowest BCUT2D eigenvalue weighted by molar-refractivity contribution is 0.782. The Bertz CT molecular complexity index is 897. The van der Waals surface area contributed by atoms with Crippen molar-refractivity contribution in [2.45, 2.75) is 37.0 Å². The van der Waals surface area contributed by atoms with Crippen molar-refractivity contribution >= 4 is 28.7 Å². The van der Waals surface area contributed by atoms with Gasteiger partial charge in [0.05, 0.1) is 12.2 Å². The number of fused-ring (bicyclic) bond motifs is 1. The Morgan fingerprint density at radius 3 is 2.58 bits per heavy atom. The Morgan fingerprint density at radius 2 is 1.92 bits per heavy atom. The van der Waals surface area contributed by atoms with Crippen molar-refractivity contribution in [3.8, 4) is 0 Å². The minimum Gasteiger partial charge on any atom is -0.349 e. The molecule has 2 aromatic heterocycles. The third-order valence-electron chi connectivity index (χ3n) is 3.71. The standard InChI is InChI=1S/C17H21N5OS/c1-10(2)24-13-7-5-12(6-8-13)11(3)19-17-20-15-14(16(23)21-17)9-18-22(15)4/h5-11H,1-4H3,(H2,19,20,21,23)/t11-/m0/s1. The van der Waals surface area contributed by atoms with Crippen LogP contribution in [0, 0.1) is 0 Å². The molecule has 1 atom stereocenters. The van der Waals surface area contributed by atoms with Crippen LogP contribution in [-0.4, -0.2) is 25.0 Å². The first-order valence-electron chi connectivity index (χ1n) is 7.89. The molecule has 24 heavy (non-hydrogen) atoms. The maximum absolute atomic E-state index is 12.1. The molecule has 0 fully saturated rings. The number of benzene rings is 1. The summed E-state index contributed by atoms with van der Waals surface area (Å²) >= 11 is 1.84. The van der Waals surface area contributed by atoms with Gasteiger partial charge in [-0.25, -0.2) is 0 Å². The summed E-state index contributed by atoms with van der Waals surface area (Å²) in [6.07, 6.45) is 1.53. The second kappa shape index (κ2) is 6.68. The van der Waals surface area contributed by atoms with Crippen LogP contribution in [0.5, 0.6) is 0 Å². The lowest BCUT2D eigenvalue weighted by atomic mass is 10.1. The molecule has 0 spiro atoms. The number of nitrogens with one attached hydrogen (secondary N) is 2. The first-order chi connectivity index (χ1) is 11.4. The third kappa shape index (κ3) is 3.46. The molecule has 2 N–H and O–H groups in total. The van der Waals surface area contributed by atoms with Crippen LogP contribution in [-0.2, 0) is 7.05 Å². The molecule has 0 amide bonds. The molecule has 126 valence electrons. The summed E-state index contributed by atoms with van der Waals surface area (Å²) in [5.74, 6) is 0.448. The Balaban J connectivity index is 1.80. The second-order valence-corrected chi connectivity index (χ2v) is 7.67. The van der Waals surface area contributed by atoms with Gasteiger partial charge in [-0.2, -0.15) is 10.1 Å². The van der Waals surface area contributed by atoms with E-state index in [1.54, 1.807) is 11.7 Å². The molecule has 0 unspecified atom stereocenters. The van der Waals surface area contributed by atoms with Crippen LogP contribution < -0.4 is 10.9 Å². The summed E-state index contributed by atoms with van der Waals surface area (Å²) in [5, 5.41) is 8.38. The zero-order valence-electron chi connectivity index (χ0n) is 14.2. The fourth-order valence-electron chi connectivity index (χ4n) is 2.50. The van der Waals surface area contributed by atoms with Crippen molar-refractivity contribution < 1.29 is 0 Å². The van der Waals surface area contributed by atoms with E-state index in [1.165, 1.54) is 11.1 Å². The summed E-state index contributed by atoms with van der Waals surface area (Å²) in [6, 6.07) is 8.47. The summed E-state index contributed by atoms with van der Waals surface area (Å²) in [5.41, 5.74) is 1.51. The van der Waals surface area contributed by atoms with Gasteiger partial charge in [0.2, 0.25) is 5.95 Å². The third-order valence-corrected chi connectivity index (χ3v) is 4.72. The van der Waals surface area contributed by atoms with Crippen molar-refractivity contribution in [2.75, 3.05) is 5.32 Å². The number of nitrogens with zero attached hydrogens (tertiary/aromatic N) is 3. The van der Waals surface area contributed by atoms with Crippen LogP contribution in [0.4, 0.5) is 5.95 Å². The summed E-state index contributed by atoms with van der Waals surface area (Å²) < 4.78 is 1.60. The maximum Gasteiger partial charge on any atom is 0.263 e. The van der Waals surface area contributed by atoms with Gasteiger partial charge < -0.3 is 5.32 Å². The molecule has 0 aliphatic rings. The van der Waals surface area contributed by atoms with E-state index in [9.17, 15) is 4.79 Å². The molecule has 0 bridgehead atoms. The monoisotopic (exact) mass is 343 g/mol. The Hall–Kier alpha value is -2.28. The van der Waals surface area contributed by atoms with Crippen LogP contribution in [0.25, 0.3) is 11.0 Å². The molecule has 0 saturated carbocycles. The van der Waals surface area contributed by atoms with E-state index in [1.807, 2.05) is 18.7 Å². The van der Waals surface area contributed by atoms with Crippen LogP contribution in [0.15, 0.2) is 40.2 Å². The Morgan fingerprint density at radius 1 is 1.21 bits per heavy atom. The van der Waals surface area contributed by atoms with Crippen molar-refractivity contribution in [3.63, 3.8) is 0 Å². The lowest BCUT2D eigenvalue weighted by Crippen LogP contribution is -2.15. The average molecular weight is 343 g/mol. The van der Waals surface area contributed by atoms with Gasteiger partial charge in [-0.05, 0) is 24.6 Å². The topological polar surface area (TPSA) is 75.6 Å². The van der Waals surface area contributed by atoms with Gasteiger partial charge in [0.1, 0.15) is 5.39 Å². The number of hydrogen-bond acceptors (Lipinski definition) is 5. The van der Waals surface area contributed by atoms with Gasteiger partial charge in [0, 0.05) is 17.2 Å².